The van der Waals surface area contributed by atoms with Crippen LogP contribution in [0.5, 0.6) is 0 Å². The lowest BCUT2D eigenvalue weighted by atomic mass is 10.1. The van der Waals surface area contributed by atoms with Gasteiger partial charge in [-0.25, -0.2) is 4.98 Å². The van der Waals surface area contributed by atoms with Crippen LogP contribution in [0.15, 0.2) is 0 Å². The number of nitriles is 1. The third-order valence-corrected chi connectivity index (χ3v) is 4.36. The lowest BCUT2D eigenvalue weighted by molar-refractivity contribution is 0.276. The van der Waals surface area contributed by atoms with Crippen molar-refractivity contribution in [3.63, 3.8) is 0 Å². The number of nitrogens with zero attached hydrogens (tertiary/aromatic N) is 3. The van der Waals surface area contributed by atoms with Gasteiger partial charge in [-0.1, -0.05) is 26.7 Å². The molecule has 98 valence electrons. The molecule has 0 N–H and O–H groups in total. The van der Waals surface area contributed by atoms with Gasteiger partial charge in [0.2, 0.25) is 0 Å². The summed E-state index contributed by atoms with van der Waals surface area (Å²) in [5, 5.41) is 10.2. The highest BCUT2D eigenvalue weighted by atomic mass is 32.1. The number of likely N-dealkylation sites (tertiary alicyclic amines) is 1. The average Bonchev–Trinajstić information content (AvgIpc) is 2.58. The standard InChI is InChI=1S/C14H21N3S/c1-11(2)14-12(9-15)18-13(16-14)10-17-7-5-3-4-6-8-17/h11H,3-8,10H2,1-2H3. The SMILES string of the molecule is CC(C)c1nc(CN2CCCCCC2)sc1C#N. The molecule has 18 heavy (non-hydrogen) atoms. The fourth-order valence-corrected chi connectivity index (χ4v) is 3.46. The highest BCUT2D eigenvalue weighted by Crippen LogP contribution is 2.25. The first-order valence-electron chi connectivity index (χ1n) is 6.82. The third kappa shape index (κ3) is 3.30. The van der Waals surface area contributed by atoms with Crippen LogP contribution in [-0.4, -0.2) is 23.0 Å². The Bertz CT molecular complexity index is 423. The molecular formula is C14H21N3S. The van der Waals surface area contributed by atoms with Crippen LogP contribution < -0.4 is 0 Å². The Kier molecular flexibility index (Phi) is 4.73. The zero-order valence-corrected chi connectivity index (χ0v) is 12.1. The largest absolute Gasteiger partial charge is 0.297 e. The summed E-state index contributed by atoms with van der Waals surface area (Å²) in [6.45, 7) is 7.49. The molecule has 1 fully saturated rings. The van der Waals surface area contributed by atoms with Crippen LogP contribution >= 0.6 is 11.3 Å². The van der Waals surface area contributed by atoms with Crippen LogP contribution in [0.1, 0.15) is 61.0 Å². The maximum absolute atomic E-state index is 9.14. The van der Waals surface area contributed by atoms with E-state index in [-0.39, 0.29) is 0 Å². The topological polar surface area (TPSA) is 39.9 Å². The molecule has 1 aliphatic heterocycles. The fraction of sp³-hybridized carbons (Fsp3) is 0.714. The van der Waals surface area contributed by atoms with E-state index in [0.29, 0.717) is 5.92 Å². The van der Waals surface area contributed by atoms with E-state index in [2.05, 4.69) is 29.8 Å². The lowest BCUT2D eigenvalue weighted by Gasteiger charge is -2.17. The van der Waals surface area contributed by atoms with Crippen molar-refractivity contribution >= 4 is 11.3 Å². The van der Waals surface area contributed by atoms with Gasteiger partial charge in [-0.2, -0.15) is 5.26 Å². The smallest absolute Gasteiger partial charge is 0.128 e. The number of hydrogen-bond acceptors (Lipinski definition) is 4. The van der Waals surface area contributed by atoms with Crippen LogP contribution in [0.2, 0.25) is 0 Å². The predicted molar refractivity (Wildman–Crippen MR) is 74.7 cm³/mol. The van der Waals surface area contributed by atoms with Crippen LogP contribution in [0.4, 0.5) is 0 Å². The molecule has 0 aliphatic carbocycles. The number of aromatic nitrogens is 1. The van der Waals surface area contributed by atoms with E-state index in [0.717, 1.165) is 22.1 Å². The van der Waals surface area contributed by atoms with Crippen molar-refractivity contribution in [1.29, 1.82) is 5.26 Å². The van der Waals surface area contributed by atoms with Gasteiger partial charge < -0.3 is 0 Å². The van der Waals surface area contributed by atoms with Gasteiger partial charge in [0.1, 0.15) is 16.0 Å². The van der Waals surface area contributed by atoms with Crippen molar-refractivity contribution < 1.29 is 0 Å². The highest BCUT2D eigenvalue weighted by Gasteiger charge is 2.16. The first-order valence-corrected chi connectivity index (χ1v) is 7.64. The average molecular weight is 263 g/mol. The molecule has 2 heterocycles. The Morgan fingerprint density at radius 2 is 1.94 bits per heavy atom. The normalized spacial score (nSPS) is 17.7. The van der Waals surface area contributed by atoms with Crippen molar-refractivity contribution in [2.24, 2.45) is 0 Å². The molecule has 0 radical (unpaired) electrons. The van der Waals surface area contributed by atoms with E-state index in [1.165, 1.54) is 38.8 Å². The molecule has 0 unspecified atom stereocenters. The molecule has 3 nitrogen and oxygen atoms in total. The summed E-state index contributed by atoms with van der Waals surface area (Å²) in [4.78, 5) is 7.94. The van der Waals surface area contributed by atoms with Gasteiger partial charge in [0.15, 0.2) is 0 Å². The van der Waals surface area contributed by atoms with Gasteiger partial charge >= 0.3 is 0 Å². The van der Waals surface area contributed by atoms with Crippen LogP contribution in [0.25, 0.3) is 0 Å². The number of rotatable bonds is 3. The molecule has 0 bridgehead atoms. The van der Waals surface area contributed by atoms with E-state index >= 15 is 0 Å². The Labute approximate surface area is 113 Å². The second-order valence-corrected chi connectivity index (χ2v) is 6.36. The first-order chi connectivity index (χ1) is 8.70. The van der Waals surface area contributed by atoms with Crippen molar-refractivity contribution in [2.45, 2.75) is 52.0 Å². The molecule has 4 heteroatoms. The molecule has 1 saturated heterocycles. The molecule has 1 aliphatic rings. The molecule has 0 saturated carbocycles. The molecule has 0 aromatic carbocycles. The van der Waals surface area contributed by atoms with E-state index in [4.69, 9.17) is 5.26 Å². The highest BCUT2D eigenvalue weighted by molar-refractivity contribution is 7.12. The van der Waals surface area contributed by atoms with Gasteiger partial charge in [0.05, 0.1) is 12.2 Å². The molecule has 2 rings (SSSR count). The fourth-order valence-electron chi connectivity index (χ4n) is 2.40. The minimum absolute atomic E-state index is 0.341. The van der Waals surface area contributed by atoms with E-state index in [1.807, 2.05) is 0 Å². The summed E-state index contributed by atoms with van der Waals surface area (Å²) in [6, 6.07) is 2.28. The quantitative estimate of drug-likeness (QED) is 0.837. The molecule has 0 spiro atoms. The van der Waals surface area contributed by atoms with Crippen LogP contribution in [0, 0.1) is 11.3 Å². The summed E-state index contributed by atoms with van der Waals surface area (Å²) in [5.41, 5.74) is 0.979. The molecule has 0 atom stereocenters. The zero-order chi connectivity index (χ0) is 13.0. The maximum Gasteiger partial charge on any atom is 0.128 e. The van der Waals surface area contributed by atoms with Gasteiger partial charge in [-0.05, 0) is 31.8 Å². The second kappa shape index (κ2) is 6.31. The summed E-state index contributed by atoms with van der Waals surface area (Å²) >= 11 is 1.57. The maximum atomic E-state index is 9.14. The van der Waals surface area contributed by atoms with Crippen LogP contribution in [0.3, 0.4) is 0 Å². The molecule has 1 aromatic heterocycles. The van der Waals surface area contributed by atoms with Crippen molar-refractivity contribution in [2.75, 3.05) is 13.1 Å². The minimum atomic E-state index is 0.341. The number of hydrogen-bond donors (Lipinski definition) is 0. The minimum Gasteiger partial charge on any atom is -0.297 e. The Hall–Kier alpha value is -0.920. The predicted octanol–water partition coefficient (Wildman–Crippen LogP) is 3.51. The molecule has 1 aromatic rings. The molecule has 0 amide bonds. The Balaban J connectivity index is 2.07. The Morgan fingerprint density at radius 3 is 2.44 bits per heavy atom. The van der Waals surface area contributed by atoms with E-state index < -0.39 is 0 Å². The van der Waals surface area contributed by atoms with E-state index in [1.54, 1.807) is 11.3 Å². The zero-order valence-electron chi connectivity index (χ0n) is 11.3. The lowest BCUT2D eigenvalue weighted by Crippen LogP contribution is -2.23. The second-order valence-electron chi connectivity index (χ2n) is 5.28. The van der Waals surface area contributed by atoms with Gasteiger partial charge in [0.25, 0.3) is 0 Å². The third-order valence-electron chi connectivity index (χ3n) is 3.40. The first kappa shape index (κ1) is 13.5. The monoisotopic (exact) mass is 263 g/mol. The van der Waals surface area contributed by atoms with Gasteiger partial charge in [-0.15, -0.1) is 11.3 Å². The summed E-state index contributed by atoms with van der Waals surface area (Å²) in [5.74, 6) is 0.341. The van der Waals surface area contributed by atoms with Crippen molar-refractivity contribution in [3.8, 4) is 6.07 Å². The summed E-state index contributed by atoms with van der Waals surface area (Å²) < 4.78 is 0. The van der Waals surface area contributed by atoms with E-state index in [9.17, 15) is 0 Å². The summed E-state index contributed by atoms with van der Waals surface area (Å²) in [7, 11) is 0. The van der Waals surface area contributed by atoms with Crippen LogP contribution in [-0.2, 0) is 6.54 Å². The Morgan fingerprint density at radius 1 is 1.28 bits per heavy atom. The van der Waals surface area contributed by atoms with Gasteiger partial charge in [-0.3, -0.25) is 4.90 Å². The van der Waals surface area contributed by atoms with Gasteiger partial charge in [0, 0.05) is 0 Å². The number of thiazole rings is 1. The van der Waals surface area contributed by atoms with Crippen molar-refractivity contribution in [3.05, 3.63) is 15.6 Å². The van der Waals surface area contributed by atoms with Crippen molar-refractivity contribution in [1.82, 2.24) is 9.88 Å². The summed E-state index contributed by atoms with van der Waals surface area (Å²) in [6.07, 6.45) is 5.31. The molecular weight excluding hydrogens is 242 g/mol.